The van der Waals surface area contributed by atoms with E-state index in [-0.39, 0.29) is 5.91 Å². The Balaban J connectivity index is 1.45. The second kappa shape index (κ2) is 7.49. The van der Waals surface area contributed by atoms with Crippen molar-refractivity contribution in [1.82, 2.24) is 15.1 Å². The largest absolute Gasteiger partial charge is 0.340 e. The van der Waals surface area contributed by atoms with Crippen LogP contribution in [0.4, 0.5) is 0 Å². The minimum Gasteiger partial charge on any atom is -0.340 e. The third-order valence-corrected chi connectivity index (χ3v) is 5.56. The van der Waals surface area contributed by atoms with E-state index in [2.05, 4.69) is 41.4 Å². The predicted octanol–water partition coefficient (Wildman–Crippen LogP) is 1.59. The van der Waals surface area contributed by atoms with Gasteiger partial charge in [-0.05, 0) is 25.5 Å². The van der Waals surface area contributed by atoms with Crippen molar-refractivity contribution in [2.45, 2.75) is 24.3 Å². The molecule has 22 heavy (non-hydrogen) atoms. The number of hydrogen-bond acceptors (Lipinski definition) is 4. The molecule has 2 heterocycles. The van der Waals surface area contributed by atoms with Crippen molar-refractivity contribution >= 4 is 17.7 Å². The molecule has 1 unspecified atom stereocenters. The van der Waals surface area contributed by atoms with Crippen molar-refractivity contribution in [2.75, 3.05) is 45.0 Å². The number of benzene rings is 1. The molecular formula is C17H25N3OS. The van der Waals surface area contributed by atoms with Crippen LogP contribution in [0.15, 0.2) is 29.2 Å². The first-order valence-electron chi connectivity index (χ1n) is 8.14. The fourth-order valence-electron chi connectivity index (χ4n) is 3.18. The Kier molecular flexibility index (Phi) is 5.39. The van der Waals surface area contributed by atoms with Gasteiger partial charge in [0.25, 0.3) is 0 Å². The van der Waals surface area contributed by atoms with Gasteiger partial charge >= 0.3 is 0 Å². The van der Waals surface area contributed by atoms with Crippen LogP contribution < -0.4 is 5.32 Å². The number of nitrogens with one attached hydrogen (secondary N) is 1. The maximum atomic E-state index is 12.4. The third kappa shape index (κ3) is 4.03. The summed E-state index contributed by atoms with van der Waals surface area (Å²) in [5.41, 5.74) is 1.26. The molecule has 0 spiro atoms. The summed E-state index contributed by atoms with van der Waals surface area (Å²) in [5, 5.41) is 3.39. The number of thioether (sulfide) groups is 1. The van der Waals surface area contributed by atoms with Crippen LogP contribution in [0.25, 0.3) is 0 Å². The first-order valence-corrected chi connectivity index (χ1v) is 9.13. The zero-order valence-corrected chi connectivity index (χ0v) is 14.1. The van der Waals surface area contributed by atoms with E-state index >= 15 is 0 Å². The number of amides is 1. The third-order valence-electron chi connectivity index (χ3n) is 4.57. The summed E-state index contributed by atoms with van der Waals surface area (Å²) in [6.07, 6.45) is 1.13. The van der Waals surface area contributed by atoms with Gasteiger partial charge in [0, 0.05) is 50.2 Å². The van der Waals surface area contributed by atoms with Crippen LogP contribution >= 0.6 is 11.8 Å². The number of likely N-dealkylation sites (tertiary alicyclic amines) is 1. The molecule has 2 fully saturated rings. The SMILES string of the molecule is Cc1ccc(SCC(=O)N2CCC(N3CCNCC3)C2)cc1. The number of piperazine rings is 1. The Hall–Kier alpha value is -1.04. The molecule has 2 aliphatic heterocycles. The number of aryl methyl sites for hydroxylation is 1. The predicted molar refractivity (Wildman–Crippen MR) is 91.3 cm³/mol. The van der Waals surface area contributed by atoms with Crippen LogP contribution in [-0.2, 0) is 4.79 Å². The van der Waals surface area contributed by atoms with Crippen molar-refractivity contribution in [3.63, 3.8) is 0 Å². The smallest absolute Gasteiger partial charge is 0.232 e. The molecule has 1 N–H and O–H groups in total. The standard InChI is InChI=1S/C17H25N3OS/c1-14-2-4-16(5-3-14)22-13-17(21)20-9-6-15(12-20)19-10-7-18-8-11-19/h2-5,15,18H,6-13H2,1H3. The Morgan fingerprint density at radius 1 is 1.23 bits per heavy atom. The summed E-state index contributed by atoms with van der Waals surface area (Å²) in [6.45, 7) is 8.30. The Bertz CT molecular complexity index is 499. The summed E-state index contributed by atoms with van der Waals surface area (Å²) < 4.78 is 0. The molecule has 1 aromatic carbocycles. The van der Waals surface area contributed by atoms with Gasteiger partial charge in [0.15, 0.2) is 0 Å². The maximum absolute atomic E-state index is 12.4. The van der Waals surface area contributed by atoms with E-state index in [0.717, 1.165) is 45.7 Å². The maximum Gasteiger partial charge on any atom is 0.232 e. The zero-order valence-electron chi connectivity index (χ0n) is 13.3. The van der Waals surface area contributed by atoms with E-state index in [1.807, 2.05) is 4.90 Å². The zero-order chi connectivity index (χ0) is 15.4. The van der Waals surface area contributed by atoms with E-state index in [0.29, 0.717) is 11.8 Å². The number of nitrogens with zero attached hydrogens (tertiary/aromatic N) is 2. The lowest BCUT2D eigenvalue weighted by Gasteiger charge is -2.32. The molecule has 2 saturated heterocycles. The molecule has 3 rings (SSSR count). The van der Waals surface area contributed by atoms with Crippen LogP contribution in [0.5, 0.6) is 0 Å². The Morgan fingerprint density at radius 3 is 2.68 bits per heavy atom. The Labute approximate surface area is 137 Å². The minimum absolute atomic E-state index is 0.281. The van der Waals surface area contributed by atoms with Gasteiger partial charge in [-0.15, -0.1) is 11.8 Å². The van der Waals surface area contributed by atoms with Gasteiger partial charge in [-0.3, -0.25) is 9.69 Å². The first kappa shape index (κ1) is 15.8. The van der Waals surface area contributed by atoms with Crippen LogP contribution in [0, 0.1) is 6.92 Å². The quantitative estimate of drug-likeness (QED) is 0.855. The number of hydrogen-bond donors (Lipinski definition) is 1. The van der Waals surface area contributed by atoms with Gasteiger partial charge in [-0.25, -0.2) is 0 Å². The fourth-order valence-corrected chi connectivity index (χ4v) is 3.99. The number of carbonyl (C=O) groups is 1. The number of carbonyl (C=O) groups excluding carboxylic acids is 1. The molecule has 0 radical (unpaired) electrons. The average molecular weight is 319 g/mol. The molecular weight excluding hydrogens is 294 g/mol. The second-order valence-electron chi connectivity index (χ2n) is 6.17. The van der Waals surface area contributed by atoms with Gasteiger partial charge in [0.2, 0.25) is 5.91 Å². The average Bonchev–Trinajstić information content (AvgIpc) is 3.05. The Morgan fingerprint density at radius 2 is 1.95 bits per heavy atom. The molecule has 0 aliphatic carbocycles. The topological polar surface area (TPSA) is 35.6 Å². The van der Waals surface area contributed by atoms with Crippen molar-refractivity contribution < 1.29 is 4.79 Å². The van der Waals surface area contributed by atoms with Gasteiger partial charge < -0.3 is 10.2 Å². The van der Waals surface area contributed by atoms with Crippen LogP contribution in [0.1, 0.15) is 12.0 Å². The van der Waals surface area contributed by atoms with E-state index in [1.54, 1.807) is 11.8 Å². The fraction of sp³-hybridized carbons (Fsp3) is 0.588. The van der Waals surface area contributed by atoms with Gasteiger partial charge in [0.1, 0.15) is 0 Å². The van der Waals surface area contributed by atoms with Gasteiger partial charge in [-0.1, -0.05) is 17.7 Å². The van der Waals surface area contributed by atoms with Gasteiger partial charge in [0.05, 0.1) is 5.75 Å². The molecule has 1 amide bonds. The van der Waals surface area contributed by atoms with Crippen LogP contribution in [0.3, 0.4) is 0 Å². The summed E-state index contributed by atoms with van der Waals surface area (Å²) in [5.74, 6) is 0.834. The molecule has 0 saturated carbocycles. The molecule has 0 aromatic heterocycles. The van der Waals surface area contributed by atoms with E-state index in [4.69, 9.17) is 0 Å². The highest BCUT2D eigenvalue weighted by Gasteiger charge is 2.30. The summed E-state index contributed by atoms with van der Waals surface area (Å²) in [4.78, 5) is 18.2. The lowest BCUT2D eigenvalue weighted by Crippen LogP contribution is -2.49. The molecule has 2 aliphatic rings. The van der Waals surface area contributed by atoms with E-state index < -0.39 is 0 Å². The lowest BCUT2D eigenvalue weighted by atomic mass is 10.2. The molecule has 1 aromatic rings. The highest BCUT2D eigenvalue weighted by Crippen LogP contribution is 2.21. The van der Waals surface area contributed by atoms with E-state index in [9.17, 15) is 4.79 Å². The summed E-state index contributed by atoms with van der Waals surface area (Å²) >= 11 is 1.65. The molecule has 120 valence electrons. The van der Waals surface area contributed by atoms with Gasteiger partial charge in [-0.2, -0.15) is 0 Å². The van der Waals surface area contributed by atoms with Crippen molar-refractivity contribution in [3.05, 3.63) is 29.8 Å². The summed E-state index contributed by atoms with van der Waals surface area (Å²) in [7, 11) is 0. The normalized spacial score (nSPS) is 23.0. The summed E-state index contributed by atoms with van der Waals surface area (Å²) in [6, 6.07) is 8.96. The van der Waals surface area contributed by atoms with Crippen LogP contribution in [0.2, 0.25) is 0 Å². The van der Waals surface area contributed by atoms with Crippen LogP contribution in [-0.4, -0.2) is 66.8 Å². The highest BCUT2D eigenvalue weighted by molar-refractivity contribution is 8.00. The molecule has 0 bridgehead atoms. The number of rotatable bonds is 4. The molecule has 4 nitrogen and oxygen atoms in total. The monoisotopic (exact) mass is 319 g/mol. The van der Waals surface area contributed by atoms with E-state index in [1.165, 1.54) is 10.5 Å². The lowest BCUT2D eigenvalue weighted by molar-refractivity contribution is -0.127. The highest BCUT2D eigenvalue weighted by atomic mass is 32.2. The molecule has 5 heteroatoms. The molecule has 1 atom stereocenters. The van der Waals surface area contributed by atoms with Crippen molar-refractivity contribution in [2.24, 2.45) is 0 Å². The second-order valence-corrected chi connectivity index (χ2v) is 7.22. The first-order chi connectivity index (χ1) is 10.7. The van der Waals surface area contributed by atoms with Crippen molar-refractivity contribution in [3.8, 4) is 0 Å². The minimum atomic E-state index is 0.281. The van der Waals surface area contributed by atoms with Crippen molar-refractivity contribution in [1.29, 1.82) is 0 Å².